The summed E-state index contributed by atoms with van der Waals surface area (Å²) in [6, 6.07) is 12.9. The van der Waals surface area contributed by atoms with Crippen LogP contribution in [0.15, 0.2) is 48.5 Å². The monoisotopic (exact) mass is 387 g/mol. The predicted octanol–water partition coefficient (Wildman–Crippen LogP) is 3.20. The molecule has 0 atom stereocenters. The molecule has 3 rings (SSSR count). The van der Waals surface area contributed by atoms with E-state index in [9.17, 15) is 13.6 Å². The summed E-state index contributed by atoms with van der Waals surface area (Å²) in [4.78, 5) is 16.4. The van der Waals surface area contributed by atoms with Gasteiger partial charge in [0.25, 0.3) is 0 Å². The van der Waals surface area contributed by atoms with Gasteiger partial charge >= 0.3 is 0 Å². The first-order valence-electron chi connectivity index (χ1n) is 9.81. The third kappa shape index (κ3) is 5.36. The van der Waals surface area contributed by atoms with Gasteiger partial charge in [-0.05, 0) is 41.8 Å². The minimum atomic E-state index is -0.274. The smallest absolute Gasteiger partial charge is 0.234 e. The topological polar surface area (TPSA) is 35.6 Å². The van der Waals surface area contributed by atoms with Crippen LogP contribution in [0.3, 0.4) is 0 Å². The summed E-state index contributed by atoms with van der Waals surface area (Å²) in [5.74, 6) is -0.488. The summed E-state index contributed by atoms with van der Waals surface area (Å²) >= 11 is 0. The molecular weight excluding hydrogens is 360 g/mol. The van der Waals surface area contributed by atoms with Crippen molar-refractivity contribution < 1.29 is 13.6 Å². The summed E-state index contributed by atoms with van der Waals surface area (Å²) in [5, 5.41) is 2.91. The van der Waals surface area contributed by atoms with Gasteiger partial charge in [-0.1, -0.05) is 31.2 Å². The van der Waals surface area contributed by atoms with E-state index in [-0.39, 0.29) is 23.6 Å². The van der Waals surface area contributed by atoms with Crippen LogP contribution in [0.2, 0.25) is 0 Å². The third-order valence-corrected chi connectivity index (χ3v) is 5.08. The average Bonchev–Trinajstić information content (AvgIpc) is 2.71. The van der Waals surface area contributed by atoms with E-state index in [1.165, 1.54) is 24.3 Å². The summed E-state index contributed by atoms with van der Waals surface area (Å²) < 4.78 is 26.8. The Morgan fingerprint density at radius 2 is 1.43 bits per heavy atom. The molecule has 0 radical (unpaired) electrons. The van der Waals surface area contributed by atoms with Crippen LogP contribution in [-0.4, -0.2) is 55.0 Å². The van der Waals surface area contributed by atoms with Gasteiger partial charge in [-0.2, -0.15) is 0 Å². The van der Waals surface area contributed by atoms with Crippen molar-refractivity contribution in [3.63, 3.8) is 0 Å². The Hall–Kier alpha value is -2.31. The lowest BCUT2D eigenvalue weighted by Crippen LogP contribution is -2.50. The fraction of sp³-hybridized carbons (Fsp3) is 0.409. The van der Waals surface area contributed by atoms with E-state index in [0.29, 0.717) is 13.1 Å². The van der Waals surface area contributed by atoms with Crippen molar-refractivity contribution in [2.24, 2.45) is 0 Å². The summed E-state index contributed by atoms with van der Waals surface area (Å²) in [6.07, 6.45) is 0.927. The van der Waals surface area contributed by atoms with Gasteiger partial charge in [0.05, 0.1) is 12.6 Å². The number of rotatable bonds is 7. The van der Waals surface area contributed by atoms with E-state index in [0.717, 1.165) is 43.7 Å². The number of nitrogens with zero attached hydrogens (tertiary/aromatic N) is 2. The zero-order valence-corrected chi connectivity index (χ0v) is 16.2. The molecule has 1 aliphatic rings. The lowest BCUT2D eigenvalue weighted by molar-refractivity contribution is -0.122. The molecule has 1 heterocycles. The molecule has 2 aromatic rings. The molecule has 1 aliphatic heterocycles. The van der Waals surface area contributed by atoms with Crippen LogP contribution in [0.5, 0.6) is 0 Å². The zero-order chi connectivity index (χ0) is 19.9. The fourth-order valence-corrected chi connectivity index (χ4v) is 3.61. The van der Waals surface area contributed by atoms with Crippen LogP contribution < -0.4 is 5.32 Å². The van der Waals surface area contributed by atoms with Gasteiger partial charge in [0.15, 0.2) is 0 Å². The average molecular weight is 387 g/mol. The first-order chi connectivity index (χ1) is 13.6. The lowest BCUT2D eigenvalue weighted by atomic mass is 9.96. The Labute approximate surface area is 165 Å². The Morgan fingerprint density at radius 3 is 1.89 bits per heavy atom. The third-order valence-electron chi connectivity index (χ3n) is 5.08. The number of carbonyl (C=O) groups excluding carboxylic acids is 1. The molecule has 28 heavy (non-hydrogen) atoms. The highest BCUT2D eigenvalue weighted by Gasteiger charge is 2.27. The Morgan fingerprint density at radius 1 is 0.929 bits per heavy atom. The Balaban J connectivity index is 1.70. The van der Waals surface area contributed by atoms with Crippen LogP contribution in [0.4, 0.5) is 8.78 Å². The SMILES string of the molecule is CCCNC(=O)CN1CCN(C(c2ccc(F)cc2)c2ccc(F)cc2)CC1. The maximum atomic E-state index is 13.4. The van der Waals surface area contributed by atoms with Gasteiger partial charge in [0.1, 0.15) is 11.6 Å². The number of halogens is 2. The molecule has 150 valence electrons. The maximum absolute atomic E-state index is 13.4. The largest absolute Gasteiger partial charge is 0.355 e. The Kier molecular flexibility index (Phi) is 7.12. The number of hydrogen-bond donors (Lipinski definition) is 1. The number of nitrogens with one attached hydrogen (secondary N) is 1. The van der Waals surface area contributed by atoms with Crippen molar-refractivity contribution in [1.29, 1.82) is 0 Å². The van der Waals surface area contributed by atoms with Gasteiger partial charge in [0.2, 0.25) is 5.91 Å². The fourth-order valence-electron chi connectivity index (χ4n) is 3.61. The second kappa shape index (κ2) is 9.75. The van der Waals surface area contributed by atoms with Crippen molar-refractivity contribution in [3.05, 3.63) is 71.3 Å². The van der Waals surface area contributed by atoms with E-state index >= 15 is 0 Å². The first kappa shape index (κ1) is 20.4. The van der Waals surface area contributed by atoms with Gasteiger partial charge in [-0.25, -0.2) is 8.78 Å². The molecule has 0 bridgehead atoms. The van der Waals surface area contributed by atoms with E-state index in [1.807, 2.05) is 6.92 Å². The zero-order valence-electron chi connectivity index (χ0n) is 16.2. The molecule has 1 N–H and O–H groups in total. The number of benzene rings is 2. The number of piperazine rings is 1. The van der Waals surface area contributed by atoms with Crippen LogP contribution in [0.25, 0.3) is 0 Å². The lowest BCUT2D eigenvalue weighted by Gasteiger charge is -2.39. The van der Waals surface area contributed by atoms with Crippen molar-refractivity contribution in [2.75, 3.05) is 39.3 Å². The van der Waals surface area contributed by atoms with Gasteiger partial charge in [-0.15, -0.1) is 0 Å². The molecule has 0 unspecified atom stereocenters. The van der Waals surface area contributed by atoms with Crippen molar-refractivity contribution in [1.82, 2.24) is 15.1 Å². The van der Waals surface area contributed by atoms with E-state index in [4.69, 9.17) is 0 Å². The molecule has 1 fully saturated rings. The van der Waals surface area contributed by atoms with Crippen molar-refractivity contribution >= 4 is 5.91 Å². The molecule has 6 heteroatoms. The van der Waals surface area contributed by atoms with Crippen LogP contribution in [0.1, 0.15) is 30.5 Å². The second-order valence-electron chi connectivity index (χ2n) is 7.17. The normalized spacial score (nSPS) is 15.7. The standard InChI is InChI=1S/C22H27F2N3O/c1-2-11-25-21(28)16-26-12-14-27(15-13-26)22(17-3-7-19(23)8-4-17)18-5-9-20(24)10-6-18/h3-10,22H,2,11-16H2,1H3,(H,25,28). The quantitative estimate of drug-likeness (QED) is 0.793. The first-order valence-corrected chi connectivity index (χ1v) is 9.81. The van der Waals surface area contributed by atoms with Gasteiger partial charge < -0.3 is 5.32 Å². The molecule has 4 nitrogen and oxygen atoms in total. The molecule has 0 spiro atoms. The second-order valence-corrected chi connectivity index (χ2v) is 7.17. The maximum Gasteiger partial charge on any atom is 0.234 e. The molecule has 0 saturated carbocycles. The van der Waals surface area contributed by atoms with E-state index in [2.05, 4.69) is 15.1 Å². The molecular formula is C22H27F2N3O. The highest BCUT2D eigenvalue weighted by Crippen LogP contribution is 2.30. The minimum Gasteiger partial charge on any atom is -0.355 e. The summed E-state index contributed by atoms with van der Waals surface area (Å²) in [7, 11) is 0. The van der Waals surface area contributed by atoms with Gasteiger partial charge in [0, 0.05) is 32.7 Å². The number of amides is 1. The number of hydrogen-bond acceptors (Lipinski definition) is 3. The highest BCUT2D eigenvalue weighted by molar-refractivity contribution is 5.77. The predicted molar refractivity (Wildman–Crippen MR) is 106 cm³/mol. The molecule has 1 amide bonds. The summed E-state index contributed by atoms with van der Waals surface area (Å²) in [5.41, 5.74) is 1.95. The molecule has 0 aliphatic carbocycles. The van der Waals surface area contributed by atoms with Crippen LogP contribution in [0, 0.1) is 11.6 Å². The highest BCUT2D eigenvalue weighted by atomic mass is 19.1. The molecule has 2 aromatic carbocycles. The van der Waals surface area contributed by atoms with E-state index in [1.54, 1.807) is 24.3 Å². The van der Waals surface area contributed by atoms with Crippen molar-refractivity contribution in [2.45, 2.75) is 19.4 Å². The summed E-state index contributed by atoms with van der Waals surface area (Å²) in [6.45, 7) is 6.25. The van der Waals surface area contributed by atoms with Crippen LogP contribution in [-0.2, 0) is 4.79 Å². The minimum absolute atomic E-state index is 0.0592. The van der Waals surface area contributed by atoms with Gasteiger partial charge in [-0.3, -0.25) is 14.6 Å². The molecule has 1 saturated heterocycles. The molecule has 0 aromatic heterocycles. The Bertz CT molecular complexity index is 711. The van der Waals surface area contributed by atoms with Crippen LogP contribution >= 0.6 is 0 Å². The van der Waals surface area contributed by atoms with E-state index < -0.39 is 0 Å². The number of carbonyl (C=O) groups is 1. The van der Waals surface area contributed by atoms with Crippen molar-refractivity contribution in [3.8, 4) is 0 Å².